The van der Waals surface area contributed by atoms with Gasteiger partial charge in [-0.3, -0.25) is 4.68 Å². The van der Waals surface area contributed by atoms with Crippen LogP contribution in [0.5, 0.6) is 0 Å². The van der Waals surface area contributed by atoms with E-state index in [-0.39, 0.29) is 5.41 Å². The minimum absolute atomic E-state index is 0.0544. The number of hydrogen-bond acceptors (Lipinski definition) is 3. The number of rotatable bonds is 6. The highest BCUT2D eigenvalue weighted by Gasteiger charge is 2.30. The average Bonchev–Trinajstić information content (AvgIpc) is 2.93. The van der Waals surface area contributed by atoms with Crippen molar-refractivity contribution in [2.24, 2.45) is 5.73 Å². The predicted octanol–water partition coefficient (Wildman–Crippen LogP) is 2.15. The molecule has 1 aromatic carbocycles. The van der Waals surface area contributed by atoms with Crippen LogP contribution < -0.4 is 5.73 Å². The van der Waals surface area contributed by atoms with Gasteiger partial charge in [0.05, 0.1) is 0 Å². The summed E-state index contributed by atoms with van der Waals surface area (Å²) < 4.78 is 1.95. The van der Waals surface area contributed by atoms with Crippen LogP contribution in [-0.2, 0) is 18.4 Å². The van der Waals surface area contributed by atoms with Crippen LogP contribution in [0.15, 0.2) is 36.7 Å². The van der Waals surface area contributed by atoms with Crippen LogP contribution in [0.3, 0.4) is 0 Å². The number of aromatic nitrogens is 3. The first-order chi connectivity index (χ1) is 9.25. The van der Waals surface area contributed by atoms with E-state index < -0.39 is 0 Å². The smallest absolute Gasteiger partial charge is 0.138 e. The SMILES string of the molecule is CCn1ncnc1CC(CC)(CN)c1ccccc1. The summed E-state index contributed by atoms with van der Waals surface area (Å²) in [5.74, 6) is 1.01. The zero-order valence-corrected chi connectivity index (χ0v) is 11.7. The molecular formula is C15H22N4. The number of aryl methyl sites for hydroxylation is 1. The van der Waals surface area contributed by atoms with Crippen LogP contribution in [0.25, 0.3) is 0 Å². The van der Waals surface area contributed by atoms with Crippen molar-refractivity contribution in [3.05, 3.63) is 48.0 Å². The van der Waals surface area contributed by atoms with Crippen LogP contribution in [0.4, 0.5) is 0 Å². The van der Waals surface area contributed by atoms with Gasteiger partial charge in [0.25, 0.3) is 0 Å². The predicted molar refractivity (Wildman–Crippen MR) is 76.9 cm³/mol. The molecular weight excluding hydrogens is 236 g/mol. The second-order valence-corrected chi connectivity index (χ2v) is 4.87. The van der Waals surface area contributed by atoms with E-state index in [9.17, 15) is 0 Å². The van der Waals surface area contributed by atoms with Crippen LogP contribution in [0, 0.1) is 0 Å². The minimum Gasteiger partial charge on any atom is -0.330 e. The maximum absolute atomic E-state index is 6.10. The number of nitrogens with zero attached hydrogens (tertiary/aromatic N) is 3. The van der Waals surface area contributed by atoms with Crippen molar-refractivity contribution in [3.8, 4) is 0 Å². The van der Waals surface area contributed by atoms with Gasteiger partial charge in [-0.1, -0.05) is 37.3 Å². The second-order valence-electron chi connectivity index (χ2n) is 4.87. The van der Waals surface area contributed by atoms with Gasteiger partial charge < -0.3 is 5.73 Å². The number of nitrogens with two attached hydrogens (primary N) is 1. The Labute approximate surface area is 114 Å². The van der Waals surface area contributed by atoms with Crippen molar-refractivity contribution in [1.29, 1.82) is 0 Å². The summed E-state index contributed by atoms with van der Waals surface area (Å²) in [5, 5.41) is 4.25. The normalized spacial score (nSPS) is 14.3. The van der Waals surface area contributed by atoms with Gasteiger partial charge >= 0.3 is 0 Å². The van der Waals surface area contributed by atoms with E-state index in [0.29, 0.717) is 6.54 Å². The molecule has 2 rings (SSSR count). The Morgan fingerprint density at radius 3 is 2.53 bits per heavy atom. The first kappa shape index (κ1) is 13.7. The van der Waals surface area contributed by atoms with Crippen LogP contribution in [0.2, 0.25) is 0 Å². The van der Waals surface area contributed by atoms with E-state index >= 15 is 0 Å². The van der Waals surface area contributed by atoms with E-state index in [2.05, 4.69) is 48.2 Å². The molecule has 2 N–H and O–H groups in total. The molecule has 0 spiro atoms. The molecule has 2 aromatic rings. The number of benzene rings is 1. The van der Waals surface area contributed by atoms with Gasteiger partial charge in [0, 0.05) is 24.9 Å². The summed E-state index contributed by atoms with van der Waals surface area (Å²) in [5.41, 5.74) is 7.33. The summed E-state index contributed by atoms with van der Waals surface area (Å²) in [6.07, 6.45) is 3.45. The number of hydrogen-bond donors (Lipinski definition) is 1. The molecule has 0 amide bonds. The van der Waals surface area contributed by atoms with Crippen LogP contribution >= 0.6 is 0 Å². The summed E-state index contributed by atoms with van der Waals surface area (Å²) in [6, 6.07) is 10.5. The molecule has 1 aromatic heterocycles. The molecule has 4 nitrogen and oxygen atoms in total. The highest BCUT2D eigenvalue weighted by molar-refractivity contribution is 5.27. The standard InChI is InChI=1S/C15H22N4/c1-3-15(11-16,13-8-6-5-7-9-13)10-14-17-12-18-19(14)4-2/h5-9,12H,3-4,10-11,16H2,1-2H3. The zero-order valence-electron chi connectivity index (χ0n) is 11.7. The quantitative estimate of drug-likeness (QED) is 0.863. The first-order valence-electron chi connectivity index (χ1n) is 6.88. The molecule has 1 unspecified atom stereocenters. The van der Waals surface area contributed by atoms with E-state index in [1.807, 2.05) is 10.7 Å². The Balaban J connectivity index is 2.35. The van der Waals surface area contributed by atoms with E-state index in [4.69, 9.17) is 5.73 Å². The van der Waals surface area contributed by atoms with Crippen molar-refractivity contribution in [2.45, 2.75) is 38.6 Å². The fourth-order valence-electron chi connectivity index (χ4n) is 2.55. The summed E-state index contributed by atoms with van der Waals surface area (Å²) in [4.78, 5) is 4.39. The maximum atomic E-state index is 6.10. The Hall–Kier alpha value is -1.68. The third kappa shape index (κ3) is 2.68. The molecule has 0 bridgehead atoms. The molecule has 1 heterocycles. The third-order valence-corrected chi connectivity index (χ3v) is 3.95. The second kappa shape index (κ2) is 5.97. The lowest BCUT2D eigenvalue weighted by molar-refractivity contribution is 0.398. The lowest BCUT2D eigenvalue weighted by Crippen LogP contribution is -2.37. The van der Waals surface area contributed by atoms with Gasteiger partial charge in [0.2, 0.25) is 0 Å². The molecule has 19 heavy (non-hydrogen) atoms. The summed E-state index contributed by atoms with van der Waals surface area (Å²) in [6.45, 7) is 5.72. The monoisotopic (exact) mass is 258 g/mol. The lowest BCUT2D eigenvalue weighted by Gasteiger charge is -2.31. The fraction of sp³-hybridized carbons (Fsp3) is 0.467. The molecule has 0 aliphatic carbocycles. The Morgan fingerprint density at radius 1 is 1.21 bits per heavy atom. The summed E-state index contributed by atoms with van der Waals surface area (Å²) >= 11 is 0. The zero-order chi connectivity index (χ0) is 13.7. The summed E-state index contributed by atoms with van der Waals surface area (Å²) in [7, 11) is 0. The Bertz CT molecular complexity index is 500. The Kier molecular flexibility index (Phi) is 4.32. The van der Waals surface area contributed by atoms with Crippen molar-refractivity contribution in [2.75, 3.05) is 6.54 Å². The molecule has 0 aliphatic heterocycles. The maximum Gasteiger partial charge on any atom is 0.138 e. The lowest BCUT2D eigenvalue weighted by atomic mass is 9.75. The van der Waals surface area contributed by atoms with Crippen molar-refractivity contribution >= 4 is 0 Å². The minimum atomic E-state index is -0.0544. The van der Waals surface area contributed by atoms with E-state index in [0.717, 1.165) is 25.2 Å². The molecule has 4 heteroatoms. The molecule has 1 atom stereocenters. The van der Waals surface area contributed by atoms with Gasteiger partial charge in [-0.05, 0) is 18.9 Å². The largest absolute Gasteiger partial charge is 0.330 e. The van der Waals surface area contributed by atoms with Crippen molar-refractivity contribution < 1.29 is 0 Å². The van der Waals surface area contributed by atoms with Crippen molar-refractivity contribution in [1.82, 2.24) is 14.8 Å². The van der Waals surface area contributed by atoms with Gasteiger partial charge in [-0.2, -0.15) is 5.10 Å². The highest BCUT2D eigenvalue weighted by Crippen LogP contribution is 2.30. The van der Waals surface area contributed by atoms with Crippen molar-refractivity contribution in [3.63, 3.8) is 0 Å². The molecule has 0 radical (unpaired) electrons. The fourth-order valence-corrected chi connectivity index (χ4v) is 2.55. The third-order valence-electron chi connectivity index (χ3n) is 3.95. The van der Waals surface area contributed by atoms with Gasteiger partial charge in [0.15, 0.2) is 0 Å². The molecule has 0 fully saturated rings. The highest BCUT2D eigenvalue weighted by atomic mass is 15.3. The van der Waals surface area contributed by atoms with E-state index in [1.165, 1.54) is 5.56 Å². The van der Waals surface area contributed by atoms with Crippen LogP contribution in [-0.4, -0.2) is 21.3 Å². The average molecular weight is 258 g/mol. The van der Waals surface area contributed by atoms with Crippen LogP contribution in [0.1, 0.15) is 31.7 Å². The topological polar surface area (TPSA) is 56.7 Å². The molecule has 0 saturated heterocycles. The molecule has 0 aliphatic rings. The van der Waals surface area contributed by atoms with Gasteiger partial charge in [-0.15, -0.1) is 0 Å². The van der Waals surface area contributed by atoms with E-state index in [1.54, 1.807) is 6.33 Å². The first-order valence-corrected chi connectivity index (χ1v) is 6.88. The molecule has 0 saturated carbocycles. The van der Waals surface area contributed by atoms with Gasteiger partial charge in [0.1, 0.15) is 12.2 Å². The van der Waals surface area contributed by atoms with Gasteiger partial charge in [-0.25, -0.2) is 4.98 Å². The Morgan fingerprint density at radius 2 is 1.95 bits per heavy atom. The molecule has 102 valence electrons.